The molecule has 90 valence electrons. The van der Waals surface area contributed by atoms with Gasteiger partial charge in [0.05, 0.1) is 20.0 Å². The molecule has 0 saturated heterocycles. The molecule has 0 fully saturated rings. The number of thiazole rings is 1. The lowest BCUT2D eigenvalue weighted by Gasteiger charge is -1.95. The quantitative estimate of drug-likeness (QED) is 0.843. The standard InChI is InChI=1S/C12H13NO3S/c1-13-9-4-3-8(16-2)7-10(9)17-11(13)5-6-12(14)15/h3-4,7H,5-6H2,1-2H3/p+1. The summed E-state index contributed by atoms with van der Waals surface area (Å²) in [6.07, 6.45) is 0.727. The summed E-state index contributed by atoms with van der Waals surface area (Å²) in [5.41, 5.74) is 1.11. The van der Waals surface area contributed by atoms with Crippen molar-refractivity contribution >= 4 is 27.5 Å². The van der Waals surface area contributed by atoms with Gasteiger partial charge in [0.25, 0.3) is 0 Å². The summed E-state index contributed by atoms with van der Waals surface area (Å²) in [5, 5.41) is 9.76. The molecule has 1 aromatic carbocycles. The van der Waals surface area contributed by atoms with Crippen molar-refractivity contribution in [2.75, 3.05) is 7.11 Å². The molecule has 5 heteroatoms. The molecule has 0 aliphatic rings. The molecular weight excluding hydrogens is 238 g/mol. The summed E-state index contributed by atoms with van der Waals surface area (Å²) in [5.74, 6) is 0.0594. The summed E-state index contributed by atoms with van der Waals surface area (Å²) in [7, 11) is 3.60. The lowest BCUT2D eigenvalue weighted by Crippen LogP contribution is -2.30. The van der Waals surface area contributed by atoms with Crippen molar-refractivity contribution in [1.29, 1.82) is 0 Å². The van der Waals surface area contributed by atoms with Gasteiger partial charge in [0.15, 0.2) is 0 Å². The van der Waals surface area contributed by atoms with E-state index >= 15 is 0 Å². The number of hydrogen-bond donors (Lipinski definition) is 1. The molecule has 0 unspecified atom stereocenters. The van der Waals surface area contributed by atoms with Gasteiger partial charge in [-0.05, 0) is 6.07 Å². The maximum absolute atomic E-state index is 10.6. The van der Waals surface area contributed by atoms with Crippen LogP contribution >= 0.6 is 11.3 Å². The third-order valence-electron chi connectivity index (χ3n) is 2.68. The van der Waals surface area contributed by atoms with Gasteiger partial charge in [0, 0.05) is 12.1 Å². The number of ether oxygens (including phenoxy) is 1. The van der Waals surface area contributed by atoms with E-state index in [1.807, 2.05) is 29.8 Å². The fraction of sp³-hybridized carbons (Fsp3) is 0.333. The number of carbonyl (C=O) groups is 1. The number of benzene rings is 1. The van der Waals surface area contributed by atoms with Gasteiger partial charge in [0.2, 0.25) is 10.5 Å². The molecule has 0 aliphatic heterocycles. The zero-order valence-corrected chi connectivity index (χ0v) is 10.6. The average molecular weight is 252 g/mol. The van der Waals surface area contributed by atoms with E-state index in [4.69, 9.17) is 9.84 Å². The summed E-state index contributed by atoms with van der Waals surface area (Å²) >= 11 is 1.62. The van der Waals surface area contributed by atoms with Crippen LogP contribution in [0.4, 0.5) is 0 Å². The zero-order valence-electron chi connectivity index (χ0n) is 9.77. The van der Waals surface area contributed by atoms with Crippen LogP contribution in [0, 0.1) is 0 Å². The van der Waals surface area contributed by atoms with Gasteiger partial charge in [-0.15, -0.1) is 0 Å². The van der Waals surface area contributed by atoms with Crippen LogP contribution in [0.5, 0.6) is 5.75 Å². The molecule has 17 heavy (non-hydrogen) atoms. The number of carboxylic acid groups (broad SMARTS) is 1. The minimum absolute atomic E-state index is 0.164. The minimum Gasteiger partial charge on any atom is -0.497 e. The Hall–Kier alpha value is -1.62. The molecule has 2 aromatic rings. The lowest BCUT2D eigenvalue weighted by atomic mass is 10.3. The van der Waals surface area contributed by atoms with E-state index < -0.39 is 5.97 Å². The van der Waals surface area contributed by atoms with Crippen LogP contribution in [-0.4, -0.2) is 18.2 Å². The Labute approximate surface area is 103 Å². The number of aryl methyl sites for hydroxylation is 2. The molecule has 1 heterocycles. The predicted molar refractivity (Wildman–Crippen MR) is 65.5 cm³/mol. The number of hydrogen-bond acceptors (Lipinski definition) is 3. The fourth-order valence-electron chi connectivity index (χ4n) is 1.74. The second-order valence-corrected chi connectivity index (χ2v) is 4.90. The van der Waals surface area contributed by atoms with E-state index in [-0.39, 0.29) is 6.42 Å². The van der Waals surface area contributed by atoms with Crippen molar-refractivity contribution in [2.24, 2.45) is 7.05 Å². The molecule has 0 saturated carbocycles. The molecule has 0 aliphatic carbocycles. The molecule has 1 N–H and O–H groups in total. The van der Waals surface area contributed by atoms with E-state index in [2.05, 4.69) is 0 Å². The van der Waals surface area contributed by atoms with Crippen LogP contribution in [-0.2, 0) is 18.3 Å². The maximum Gasteiger partial charge on any atom is 0.303 e. The molecule has 2 rings (SSSR count). The van der Waals surface area contributed by atoms with E-state index in [1.165, 1.54) is 0 Å². The minimum atomic E-state index is -0.764. The van der Waals surface area contributed by atoms with Gasteiger partial charge in [-0.25, -0.2) is 0 Å². The number of aliphatic carboxylic acids is 1. The fourth-order valence-corrected chi connectivity index (χ4v) is 2.92. The van der Waals surface area contributed by atoms with E-state index in [0.29, 0.717) is 6.42 Å². The molecule has 1 aromatic heterocycles. The molecule has 0 radical (unpaired) electrons. The molecule has 4 nitrogen and oxygen atoms in total. The zero-order chi connectivity index (χ0) is 12.4. The normalized spacial score (nSPS) is 10.7. The molecular formula is C12H14NO3S+. The summed E-state index contributed by atoms with van der Waals surface area (Å²) in [6, 6.07) is 5.88. The molecule has 0 atom stereocenters. The van der Waals surface area contributed by atoms with Crippen LogP contribution in [0.25, 0.3) is 10.2 Å². The van der Waals surface area contributed by atoms with Crippen LogP contribution in [0.2, 0.25) is 0 Å². The Bertz CT molecular complexity index is 562. The van der Waals surface area contributed by atoms with Gasteiger partial charge in [-0.3, -0.25) is 4.79 Å². The topological polar surface area (TPSA) is 50.4 Å². The van der Waals surface area contributed by atoms with Gasteiger partial charge in [-0.2, -0.15) is 4.57 Å². The summed E-state index contributed by atoms with van der Waals surface area (Å²) in [4.78, 5) is 10.6. The Morgan fingerprint density at radius 2 is 2.29 bits per heavy atom. The van der Waals surface area contributed by atoms with Crippen molar-refractivity contribution in [2.45, 2.75) is 12.8 Å². The van der Waals surface area contributed by atoms with Crippen molar-refractivity contribution in [3.05, 3.63) is 23.2 Å². The van der Waals surface area contributed by atoms with Gasteiger partial charge < -0.3 is 9.84 Å². The molecule has 0 amide bonds. The first kappa shape index (κ1) is 11.9. The smallest absolute Gasteiger partial charge is 0.303 e. The number of aromatic nitrogens is 1. The highest BCUT2D eigenvalue weighted by molar-refractivity contribution is 7.18. The second kappa shape index (κ2) is 4.71. The number of fused-ring (bicyclic) bond motifs is 1. The van der Waals surface area contributed by atoms with Crippen LogP contribution in [0.3, 0.4) is 0 Å². The van der Waals surface area contributed by atoms with Crippen molar-refractivity contribution in [1.82, 2.24) is 0 Å². The number of rotatable bonds is 4. The Kier molecular flexibility index (Phi) is 3.28. The summed E-state index contributed by atoms with van der Waals surface area (Å²) in [6.45, 7) is 0. The highest BCUT2D eigenvalue weighted by Gasteiger charge is 2.17. The van der Waals surface area contributed by atoms with Gasteiger partial charge in [-0.1, -0.05) is 11.3 Å². The lowest BCUT2D eigenvalue weighted by molar-refractivity contribution is -0.648. The highest BCUT2D eigenvalue weighted by Crippen LogP contribution is 2.25. The third-order valence-corrected chi connectivity index (χ3v) is 3.94. The highest BCUT2D eigenvalue weighted by atomic mass is 32.1. The number of nitrogens with zero attached hydrogens (tertiary/aromatic N) is 1. The van der Waals surface area contributed by atoms with Crippen molar-refractivity contribution < 1.29 is 19.2 Å². The van der Waals surface area contributed by atoms with Crippen molar-refractivity contribution in [3.8, 4) is 5.75 Å². The Morgan fingerprint density at radius 1 is 1.53 bits per heavy atom. The maximum atomic E-state index is 10.6. The monoisotopic (exact) mass is 252 g/mol. The second-order valence-electron chi connectivity index (χ2n) is 3.78. The first-order chi connectivity index (χ1) is 8.11. The summed E-state index contributed by atoms with van der Waals surface area (Å²) < 4.78 is 8.33. The van der Waals surface area contributed by atoms with Gasteiger partial charge >= 0.3 is 5.97 Å². The van der Waals surface area contributed by atoms with Crippen LogP contribution < -0.4 is 9.30 Å². The largest absolute Gasteiger partial charge is 0.497 e. The molecule has 0 bridgehead atoms. The Morgan fingerprint density at radius 3 is 2.94 bits per heavy atom. The average Bonchev–Trinajstić information content (AvgIpc) is 2.63. The van der Waals surface area contributed by atoms with Gasteiger partial charge in [0.1, 0.15) is 17.5 Å². The third kappa shape index (κ3) is 2.39. The van der Waals surface area contributed by atoms with Crippen LogP contribution in [0.1, 0.15) is 11.4 Å². The first-order valence-electron chi connectivity index (χ1n) is 5.29. The first-order valence-corrected chi connectivity index (χ1v) is 6.10. The number of carboxylic acids is 1. The van der Waals surface area contributed by atoms with E-state index in [1.54, 1.807) is 18.4 Å². The number of methoxy groups -OCH3 is 1. The van der Waals surface area contributed by atoms with Crippen LogP contribution in [0.15, 0.2) is 18.2 Å². The van der Waals surface area contributed by atoms with E-state index in [9.17, 15) is 4.79 Å². The predicted octanol–water partition coefficient (Wildman–Crippen LogP) is 1.75. The molecule has 0 spiro atoms. The van der Waals surface area contributed by atoms with Crippen molar-refractivity contribution in [3.63, 3.8) is 0 Å². The Balaban J connectivity index is 2.38. The van der Waals surface area contributed by atoms with E-state index in [0.717, 1.165) is 21.0 Å². The SMILES string of the molecule is COc1ccc2c(c1)sc(CCC(=O)O)[n+]2C.